The molecule has 0 aliphatic heterocycles. The Bertz CT molecular complexity index is 397. The molecule has 0 amide bonds. The lowest BCUT2D eigenvalue weighted by Crippen LogP contribution is -2.11. The van der Waals surface area contributed by atoms with Crippen molar-refractivity contribution in [3.63, 3.8) is 0 Å². The summed E-state index contributed by atoms with van der Waals surface area (Å²) < 4.78 is 23.6. The highest BCUT2D eigenvalue weighted by Gasteiger charge is 2.13. The van der Waals surface area contributed by atoms with Crippen molar-refractivity contribution in [1.82, 2.24) is 3.97 Å². The van der Waals surface area contributed by atoms with E-state index in [0.717, 1.165) is 15.8 Å². The Balaban J connectivity index is 3.32. The van der Waals surface area contributed by atoms with Gasteiger partial charge in [0.15, 0.2) is 0 Å². The molecule has 0 aliphatic rings. The molecule has 1 rings (SSSR count). The topological polar surface area (TPSA) is 39.1 Å². The van der Waals surface area contributed by atoms with E-state index in [4.69, 9.17) is 23.2 Å². The van der Waals surface area contributed by atoms with Gasteiger partial charge >= 0.3 is 0 Å². The Kier molecular flexibility index (Phi) is 3.27. The molecule has 0 spiro atoms. The molecular formula is C7H9Cl2NO2S. The van der Waals surface area contributed by atoms with Crippen molar-refractivity contribution < 1.29 is 8.42 Å². The fraction of sp³-hybridized carbons (Fsp3) is 0.429. The number of hydrogen-bond acceptors (Lipinski definition) is 2. The van der Waals surface area contributed by atoms with Crippen LogP contribution in [0.25, 0.3) is 0 Å². The van der Waals surface area contributed by atoms with E-state index in [0.29, 0.717) is 5.69 Å². The lowest BCUT2D eigenvalue weighted by molar-refractivity contribution is 0.592. The SMILES string of the molecule is CS(=O)(=O)n1ccc(CCl)c1CCl. The molecule has 0 radical (unpaired) electrons. The van der Waals surface area contributed by atoms with Crippen molar-refractivity contribution >= 4 is 33.2 Å². The highest BCUT2D eigenvalue weighted by molar-refractivity contribution is 7.89. The molecule has 6 heteroatoms. The monoisotopic (exact) mass is 241 g/mol. The third-order valence-electron chi connectivity index (χ3n) is 1.68. The first-order valence-electron chi connectivity index (χ1n) is 3.52. The predicted octanol–water partition coefficient (Wildman–Crippen LogP) is 1.77. The van der Waals surface area contributed by atoms with Crippen molar-refractivity contribution in [2.75, 3.05) is 6.26 Å². The van der Waals surface area contributed by atoms with Crippen molar-refractivity contribution in [3.8, 4) is 0 Å². The van der Waals surface area contributed by atoms with Gasteiger partial charge in [-0.25, -0.2) is 12.4 Å². The van der Waals surface area contributed by atoms with E-state index in [1.807, 2.05) is 0 Å². The van der Waals surface area contributed by atoms with Gasteiger partial charge in [-0.3, -0.25) is 0 Å². The molecule has 3 nitrogen and oxygen atoms in total. The molecule has 0 aromatic carbocycles. The van der Waals surface area contributed by atoms with Crippen LogP contribution in [0.4, 0.5) is 0 Å². The van der Waals surface area contributed by atoms with Gasteiger partial charge in [0, 0.05) is 12.1 Å². The summed E-state index contributed by atoms with van der Waals surface area (Å²) in [6, 6.07) is 1.66. The Morgan fingerprint density at radius 3 is 2.38 bits per heavy atom. The van der Waals surface area contributed by atoms with Crippen molar-refractivity contribution in [2.24, 2.45) is 0 Å². The smallest absolute Gasteiger partial charge is 0.235 e. The van der Waals surface area contributed by atoms with Gasteiger partial charge in [0.05, 0.1) is 17.8 Å². The Hall–Kier alpha value is -0.190. The second-order valence-electron chi connectivity index (χ2n) is 2.61. The van der Waals surface area contributed by atoms with Crippen LogP contribution in [0, 0.1) is 0 Å². The summed E-state index contributed by atoms with van der Waals surface area (Å²) in [5.41, 5.74) is 1.29. The summed E-state index contributed by atoms with van der Waals surface area (Å²) in [5, 5.41) is 0. The number of hydrogen-bond donors (Lipinski definition) is 0. The quantitative estimate of drug-likeness (QED) is 0.758. The average molecular weight is 242 g/mol. The van der Waals surface area contributed by atoms with Crippen LogP contribution < -0.4 is 0 Å². The lowest BCUT2D eigenvalue weighted by atomic mass is 10.3. The summed E-state index contributed by atoms with van der Waals surface area (Å²) >= 11 is 11.2. The zero-order chi connectivity index (χ0) is 10.1. The Morgan fingerprint density at radius 1 is 1.38 bits per heavy atom. The van der Waals surface area contributed by atoms with E-state index in [2.05, 4.69) is 0 Å². The Labute approximate surface area is 87.3 Å². The normalized spacial score (nSPS) is 11.9. The molecule has 0 bridgehead atoms. The molecule has 1 aromatic heterocycles. The van der Waals surface area contributed by atoms with Crippen LogP contribution in [0.5, 0.6) is 0 Å². The van der Waals surface area contributed by atoms with Crippen LogP contribution in [0.3, 0.4) is 0 Å². The summed E-state index contributed by atoms with van der Waals surface area (Å²) in [6.45, 7) is 0. The first-order chi connectivity index (χ1) is 6.00. The largest absolute Gasteiger partial charge is 0.248 e. The maximum absolute atomic E-state index is 11.2. The molecule has 0 saturated heterocycles. The predicted molar refractivity (Wildman–Crippen MR) is 53.8 cm³/mol. The minimum Gasteiger partial charge on any atom is -0.248 e. The second-order valence-corrected chi connectivity index (χ2v) is 5.01. The molecule has 1 aromatic rings. The maximum atomic E-state index is 11.2. The maximum Gasteiger partial charge on any atom is 0.235 e. The third-order valence-corrected chi connectivity index (χ3v) is 3.27. The highest BCUT2D eigenvalue weighted by Crippen LogP contribution is 2.17. The van der Waals surface area contributed by atoms with Crippen molar-refractivity contribution in [2.45, 2.75) is 11.8 Å². The zero-order valence-electron chi connectivity index (χ0n) is 7.00. The summed E-state index contributed by atoms with van der Waals surface area (Å²) in [5.74, 6) is 0.409. The fourth-order valence-corrected chi connectivity index (χ4v) is 2.54. The standard InChI is InChI=1S/C7H9Cl2NO2S/c1-13(11,12)10-3-2-6(4-8)7(10)5-9/h2-3H,4-5H2,1H3. The van der Waals surface area contributed by atoms with Crippen LogP contribution in [0.1, 0.15) is 11.3 Å². The third kappa shape index (κ3) is 2.18. The van der Waals surface area contributed by atoms with E-state index >= 15 is 0 Å². The molecular weight excluding hydrogens is 233 g/mol. The molecule has 74 valence electrons. The van der Waals surface area contributed by atoms with E-state index in [9.17, 15) is 8.42 Å². The molecule has 13 heavy (non-hydrogen) atoms. The molecule has 0 N–H and O–H groups in total. The lowest BCUT2D eigenvalue weighted by Gasteiger charge is -2.04. The molecule has 1 heterocycles. The van der Waals surface area contributed by atoms with Gasteiger partial charge in [0.2, 0.25) is 10.0 Å². The summed E-state index contributed by atoms with van der Waals surface area (Å²) in [4.78, 5) is 0. The van der Waals surface area contributed by atoms with Crippen molar-refractivity contribution in [3.05, 3.63) is 23.5 Å². The van der Waals surface area contributed by atoms with Gasteiger partial charge in [-0.1, -0.05) is 0 Å². The van der Waals surface area contributed by atoms with Crippen LogP contribution in [0.15, 0.2) is 12.3 Å². The van der Waals surface area contributed by atoms with Gasteiger partial charge in [-0.05, 0) is 11.6 Å². The number of nitrogens with zero attached hydrogens (tertiary/aromatic N) is 1. The summed E-state index contributed by atoms with van der Waals surface area (Å²) in [6.07, 6.45) is 2.59. The van der Waals surface area contributed by atoms with Crippen LogP contribution >= 0.6 is 23.2 Å². The van der Waals surface area contributed by atoms with E-state index in [1.54, 1.807) is 6.07 Å². The van der Waals surface area contributed by atoms with Gasteiger partial charge in [-0.15, -0.1) is 23.2 Å². The van der Waals surface area contributed by atoms with Crippen LogP contribution in [0.2, 0.25) is 0 Å². The van der Waals surface area contributed by atoms with E-state index in [-0.39, 0.29) is 11.8 Å². The number of alkyl halides is 2. The zero-order valence-corrected chi connectivity index (χ0v) is 9.33. The highest BCUT2D eigenvalue weighted by atomic mass is 35.5. The van der Waals surface area contributed by atoms with Gasteiger partial charge < -0.3 is 0 Å². The minimum absolute atomic E-state index is 0.141. The van der Waals surface area contributed by atoms with Gasteiger partial charge in [0.1, 0.15) is 0 Å². The molecule has 0 fully saturated rings. The van der Waals surface area contributed by atoms with Gasteiger partial charge in [-0.2, -0.15) is 0 Å². The van der Waals surface area contributed by atoms with Crippen LogP contribution in [-0.4, -0.2) is 18.6 Å². The molecule has 0 aliphatic carbocycles. The van der Waals surface area contributed by atoms with E-state index in [1.165, 1.54) is 6.20 Å². The van der Waals surface area contributed by atoms with E-state index < -0.39 is 10.0 Å². The fourth-order valence-electron chi connectivity index (χ4n) is 1.06. The van der Waals surface area contributed by atoms with Gasteiger partial charge in [0.25, 0.3) is 0 Å². The molecule has 0 saturated carbocycles. The summed E-state index contributed by atoms with van der Waals surface area (Å²) in [7, 11) is -3.26. The number of rotatable bonds is 3. The van der Waals surface area contributed by atoms with Crippen molar-refractivity contribution in [1.29, 1.82) is 0 Å². The first-order valence-corrected chi connectivity index (χ1v) is 6.44. The molecule has 0 unspecified atom stereocenters. The first kappa shape index (κ1) is 10.9. The molecule has 0 atom stereocenters. The Morgan fingerprint density at radius 2 is 2.00 bits per heavy atom. The minimum atomic E-state index is -3.26. The average Bonchev–Trinajstić information content (AvgIpc) is 2.45. The second kappa shape index (κ2) is 3.90. The van der Waals surface area contributed by atoms with Crippen LogP contribution in [-0.2, 0) is 21.8 Å². The number of aromatic nitrogens is 1. The number of halogens is 2.